The molecule has 0 spiro atoms. The molecule has 0 unspecified atom stereocenters. The second-order valence-electron chi connectivity index (χ2n) is 3.35. The van der Waals surface area contributed by atoms with E-state index in [2.05, 4.69) is 5.32 Å². The second-order valence-corrected chi connectivity index (χ2v) is 3.35. The SMILES string of the molecule is CCN(CC(=O)O)C(=O)NCC(=O)N(C)C. The summed E-state index contributed by atoms with van der Waals surface area (Å²) in [5, 5.41) is 10.9. The molecule has 0 aromatic heterocycles. The van der Waals surface area contributed by atoms with Gasteiger partial charge in [-0.3, -0.25) is 9.59 Å². The number of carboxylic acids is 1. The number of likely N-dealkylation sites (N-methyl/N-ethyl adjacent to an activating group) is 2. The van der Waals surface area contributed by atoms with Crippen LogP contribution >= 0.6 is 0 Å². The van der Waals surface area contributed by atoms with E-state index >= 15 is 0 Å². The number of rotatable bonds is 5. The Morgan fingerprint density at radius 3 is 2.19 bits per heavy atom. The first-order chi connectivity index (χ1) is 7.38. The molecular formula is C9H17N3O4. The van der Waals surface area contributed by atoms with Crippen LogP contribution in [0.5, 0.6) is 0 Å². The largest absolute Gasteiger partial charge is 0.480 e. The quantitative estimate of drug-likeness (QED) is 0.647. The molecule has 0 aromatic carbocycles. The number of aliphatic carboxylic acids is 1. The van der Waals surface area contributed by atoms with Gasteiger partial charge < -0.3 is 20.2 Å². The maximum absolute atomic E-state index is 11.4. The molecular weight excluding hydrogens is 214 g/mol. The molecule has 7 nitrogen and oxygen atoms in total. The van der Waals surface area contributed by atoms with Crippen molar-refractivity contribution in [3.63, 3.8) is 0 Å². The van der Waals surface area contributed by atoms with Crippen molar-refractivity contribution < 1.29 is 19.5 Å². The number of carboxylic acid groups (broad SMARTS) is 1. The lowest BCUT2D eigenvalue weighted by atomic mass is 10.5. The summed E-state index contributed by atoms with van der Waals surface area (Å²) in [6.07, 6.45) is 0. The van der Waals surface area contributed by atoms with E-state index in [9.17, 15) is 14.4 Å². The van der Waals surface area contributed by atoms with Crippen LogP contribution in [0.2, 0.25) is 0 Å². The van der Waals surface area contributed by atoms with Gasteiger partial charge in [0, 0.05) is 20.6 Å². The summed E-state index contributed by atoms with van der Waals surface area (Å²) < 4.78 is 0. The average Bonchev–Trinajstić information content (AvgIpc) is 2.21. The van der Waals surface area contributed by atoms with Crippen molar-refractivity contribution in [1.82, 2.24) is 15.1 Å². The zero-order valence-corrected chi connectivity index (χ0v) is 9.69. The van der Waals surface area contributed by atoms with Crippen LogP contribution in [0.25, 0.3) is 0 Å². The first-order valence-electron chi connectivity index (χ1n) is 4.83. The Hall–Kier alpha value is -1.79. The lowest BCUT2D eigenvalue weighted by molar-refractivity contribution is -0.137. The number of carbonyl (C=O) groups is 3. The molecule has 2 N–H and O–H groups in total. The van der Waals surface area contributed by atoms with Gasteiger partial charge >= 0.3 is 12.0 Å². The number of urea groups is 1. The highest BCUT2D eigenvalue weighted by Gasteiger charge is 2.15. The summed E-state index contributed by atoms with van der Waals surface area (Å²) >= 11 is 0. The molecule has 0 heterocycles. The molecule has 92 valence electrons. The molecule has 0 atom stereocenters. The normalized spacial score (nSPS) is 9.44. The van der Waals surface area contributed by atoms with Gasteiger partial charge in [-0.2, -0.15) is 0 Å². The monoisotopic (exact) mass is 231 g/mol. The highest BCUT2D eigenvalue weighted by Crippen LogP contribution is 1.89. The third-order valence-electron chi connectivity index (χ3n) is 1.88. The Morgan fingerprint density at radius 2 is 1.81 bits per heavy atom. The zero-order valence-electron chi connectivity index (χ0n) is 9.69. The lowest BCUT2D eigenvalue weighted by Gasteiger charge is -2.19. The van der Waals surface area contributed by atoms with Crippen molar-refractivity contribution in [3.8, 4) is 0 Å². The molecule has 0 aliphatic heterocycles. The molecule has 16 heavy (non-hydrogen) atoms. The lowest BCUT2D eigenvalue weighted by Crippen LogP contribution is -2.45. The van der Waals surface area contributed by atoms with Gasteiger partial charge in [-0.05, 0) is 6.92 Å². The Morgan fingerprint density at radius 1 is 1.25 bits per heavy atom. The van der Waals surface area contributed by atoms with E-state index in [0.29, 0.717) is 0 Å². The zero-order chi connectivity index (χ0) is 12.7. The molecule has 3 amide bonds. The summed E-state index contributed by atoms with van der Waals surface area (Å²) in [7, 11) is 3.15. The van der Waals surface area contributed by atoms with E-state index in [4.69, 9.17) is 5.11 Å². The summed E-state index contributed by atoms with van der Waals surface area (Å²) in [5.74, 6) is -1.34. The van der Waals surface area contributed by atoms with E-state index in [-0.39, 0.29) is 25.5 Å². The van der Waals surface area contributed by atoms with Crippen LogP contribution in [0.1, 0.15) is 6.92 Å². The maximum atomic E-state index is 11.4. The van der Waals surface area contributed by atoms with Crippen molar-refractivity contribution in [2.75, 3.05) is 33.7 Å². The van der Waals surface area contributed by atoms with E-state index in [0.717, 1.165) is 4.90 Å². The van der Waals surface area contributed by atoms with Gasteiger partial charge in [0.15, 0.2) is 0 Å². The van der Waals surface area contributed by atoms with E-state index in [1.807, 2.05) is 0 Å². The predicted molar refractivity (Wildman–Crippen MR) is 57.0 cm³/mol. The van der Waals surface area contributed by atoms with E-state index in [1.54, 1.807) is 21.0 Å². The standard InChI is InChI=1S/C9H17N3O4/c1-4-12(6-8(14)15)9(16)10-5-7(13)11(2)3/h4-6H2,1-3H3,(H,10,16)(H,14,15). The van der Waals surface area contributed by atoms with E-state index in [1.165, 1.54) is 4.90 Å². The third kappa shape index (κ3) is 5.18. The van der Waals surface area contributed by atoms with Crippen LogP contribution < -0.4 is 5.32 Å². The Bertz CT molecular complexity index is 278. The summed E-state index contributed by atoms with van der Waals surface area (Å²) in [5.41, 5.74) is 0. The molecule has 0 aliphatic carbocycles. The number of amides is 3. The van der Waals surface area contributed by atoms with Gasteiger partial charge in [-0.25, -0.2) is 4.79 Å². The molecule has 0 rings (SSSR count). The fourth-order valence-corrected chi connectivity index (χ4v) is 0.912. The molecule has 0 saturated heterocycles. The van der Waals surface area contributed by atoms with Crippen molar-refractivity contribution >= 4 is 17.9 Å². The van der Waals surface area contributed by atoms with E-state index < -0.39 is 12.0 Å². The molecule has 0 radical (unpaired) electrons. The molecule has 0 fully saturated rings. The van der Waals surface area contributed by atoms with Crippen LogP contribution in [0.15, 0.2) is 0 Å². The number of hydrogen-bond acceptors (Lipinski definition) is 3. The molecule has 0 aromatic rings. The summed E-state index contributed by atoms with van der Waals surface area (Å²) in [6, 6.07) is -0.555. The Labute approximate surface area is 94.0 Å². The van der Waals surface area contributed by atoms with Gasteiger partial charge in [-0.15, -0.1) is 0 Å². The minimum Gasteiger partial charge on any atom is -0.480 e. The van der Waals surface area contributed by atoms with Crippen molar-refractivity contribution in [3.05, 3.63) is 0 Å². The Kier molecular flexibility index (Phi) is 5.91. The number of hydrogen-bond donors (Lipinski definition) is 2. The fourth-order valence-electron chi connectivity index (χ4n) is 0.912. The van der Waals surface area contributed by atoms with Crippen LogP contribution in [-0.2, 0) is 9.59 Å². The second kappa shape index (κ2) is 6.65. The molecule has 7 heteroatoms. The minimum absolute atomic E-state index is 0.137. The summed E-state index contributed by atoms with van der Waals surface area (Å²) in [4.78, 5) is 35.4. The fraction of sp³-hybridized carbons (Fsp3) is 0.667. The maximum Gasteiger partial charge on any atom is 0.323 e. The highest BCUT2D eigenvalue weighted by molar-refractivity contribution is 5.85. The van der Waals surface area contributed by atoms with Crippen molar-refractivity contribution in [2.45, 2.75) is 6.92 Å². The van der Waals surface area contributed by atoms with Crippen molar-refractivity contribution in [1.29, 1.82) is 0 Å². The third-order valence-corrected chi connectivity index (χ3v) is 1.88. The van der Waals surface area contributed by atoms with Crippen molar-refractivity contribution in [2.24, 2.45) is 0 Å². The van der Waals surface area contributed by atoms with Crippen LogP contribution in [0.4, 0.5) is 4.79 Å². The average molecular weight is 231 g/mol. The minimum atomic E-state index is -1.09. The van der Waals surface area contributed by atoms with Gasteiger partial charge in [0.05, 0.1) is 6.54 Å². The number of nitrogens with one attached hydrogen (secondary N) is 1. The topological polar surface area (TPSA) is 90.0 Å². The first kappa shape index (κ1) is 14.2. The van der Waals surface area contributed by atoms with Gasteiger partial charge in [0.1, 0.15) is 6.54 Å². The highest BCUT2D eigenvalue weighted by atomic mass is 16.4. The van der Waals surface area contributed by atoms with Crippen LogP contribution in [0, 0.1) is 0 Å². The number of carbonyl (C=O) groups excluding carboxylic acids is 2. The molecule has 0 aliphatic rings. The van der Waals surface area contributed by atoms with Gasteiger partial charge in [0.25, 0.3) is 0 Å². The first-order valence-corrected chi connectivity index (χ1v) is 4.83. The van der Waals surface area contributed by atoms with Crippen LogP contribution in [0.3, 0.4) is 0 Å². The summed E-state index contributed by atoms with van der Waals surface area (Å²) in [6.45, 7) is 1.42. The van der Waals surface area contributed by atoms with Crippen LogP contribution in [-0.4, -0.2) is 66.5 Å². The van der Waals surface area contributed by atoms with Gasteiger partial charge in [-0.1, -0.05) is 0 Å². The number of nitrogens with zero attached hydrogens (tertiary/aromatic N) is 2. The Balaban J connectivity index is 4.12. The molecule has 0 saturated carbocycles. The van der Waals surface area contributed by atoms with Gasteiger partial charge in [0.2, 0.25) is 5.91 Å². The predicted octanol–water partition coefficient (Wildman–Crippen LogP) is -0.809. The smallest absolute Gasteiger partial charge is 0.323 e. The molecule has 0 bridgehead atoms.